The van der Waals surface area contributed by atoms with Gasteiger partial charge in [-0.3, -0.25) is 0 Å². The van der Waals surface area contributed by atoms with Gasteiger partial charge in [0.1, 0.15) is 5.82 Å². The van der Waals surface area contributed by atoms with Gasteiger partial charge >= 0.3 is 0 Å². The van der Waals surface area contributed by atoms with Crippen LogP contribution in [0.1, 0.15) is 5.56 Å². The fraction of sp³-hybridized carbons (Fsp3) is 0.0769. The van der Waals surface area contributed by atoms with Crippen LogP contribution >= 0.6 is 0 Å². The van der Waals surface area contributed by atoms with E-state index in [0.717, 1.165) is 5.56 Å². The monoisotopic (exact) mass is 235 g/mol. The summed E-state index contributed by atoms with van der Waals surface area (Å²) in [5.74, 6) is -1.38. The maximum atomic E-state index is 13.0. The van der Waals surface area contributed by atoms with Crippen molar-refractivity contribution >= 4 is 5.69 Å². The molecule has 2 N–H and O–H groups in total. The predicted molar refractivity (Wildman–Crippen MR) is 61.8 cm³/mol. The number of rotatable bonds is 3. The highest BCUT2D eigenvalue weighted by atomic mass is 19.1. The highest BCUT2D eigenvalue weighted by Gasteiger charge is 2.01. The molecular weight excluding hydrogens is 224 g/mol. The molecule has 0 aliphatic heterocycles. The molecule has 2 aromatic rings. The first-order chi connectivity index (χ1) is 8.15. The molecule has 0 atom stereocenters. The summed E-state index contributed by atoms with van der Waals surface area (Å²) in [5, 5.41) is 12.0. The lowest BCUT2D eigenvalue weighted by molar-refractivity contribution is 0.432. The third-order valence-corrected chi connectivity index (χ3v) is 2.33. The quantitative estimate of drug-likeness (QED) is 0.800. The van der Waals surface area contributed by atoms with E-state index < -0.39 is 5.82 Å². The van der Waals surface area contributed by atoms with Crippen LogP contribution in [0.5, 0.6) is 5.75 Å². The lowest BCUT2D eigenvalue weighted by Gasteiger charge is -2.07. The van der Waals surface area contributed by atoms with Crippen molar-refractivity contribution in [2.45, 2.75) is 6.54 Å². The minimum Gasteiger partial charge on any atom is -0.505 e. The van der Waals surface area contributed by atoms with Crippen molar-refractivity contribution in [2.24, 2.45) is 0 Å². The van der Waals surface area contributed by atoms with Gasteiger partial charge in [-0.25, -0.2) is 8.78 Å². The number of aromatic hydroxyl groups is 1. The Morgan fingerprint density at radius 2 is 1.88 bits per heavy atom. The van der Waals surface area contributed by atoms with E-state index in [1.54, 1.807) is 18.2 Å². The topological polar surface area (TPSA) is 32.3 Å². The van der Waals surface area contributed by atoms with Crippen LogP contribution in [0.2, 0.25) is 0 Å². The van der Waals surface area contributed by atoms with E-state index in [1.807, 2.05) is 0 Å². The van der Waals surface area contributed by atoms with Gasteiger partial charge in [0.15, 0.2) is 11.6 Å². The van der Waals surface area contributed by atoms with Crippen molar-refractivity contribution in [1.29, 1.82) is 0 Å². The minimum atomic E-state index is -0.686. The molecule has 2 aromatic carbocycles. The van der Waals surface area contributed by atoms with E-state index in [1.165, 1.54) is 24.3 Å². The van der Waals surface area contributed by atoms with Gasteiger partial charge in [-0.05, 0) is 29.8 Å². The van der Waals surface area contributed by atoms with Crippen molar-refractivity contribution < 1.29 is 13.9 Å². The Morgan fingerprint density at radius 1 is 1.06 bits per heavy atom. The lowest BCUT2D eigenvalue weighted by atomic mass is 10.2. The number of hydrogen-bond donors (Lipinski definition) is 2. The van der Waals surface area contributed by atoms with Gasteiger partial charge in [0, 0.05) is 18.3 Å². The number of phenols is 1. The number of halogens is 2. The zero-order valence-corrected chi connectivity index (χ0v) is 8.95. The molecule has 0 aromatic heterocycles. The Balaban J connectivity index is 2.05. The molecule has 4 heteroatoms. The fourth-order valence-electron chi connectivity index (χ4n) is 1.47. The Bertz CT molecular complexity index is 529. The van der Waals surface area contributed by atoms with Crippen LogP contribution in [0.25, 0.3) is 0 Å². The number of anilines is 1. The van der Waals surface area contributed by atoms with Crippen LogP contribution < -0.4 is 5.32 Å². The number of benzene rings is 2. The Hall–Kier alpha value is -2.10. The maximum Gasteiger partial charge on any atom is 0.166 e. The summed E-state index contributed by atoms with van der Waals surface area (Å²) < 4.78 is 25.9. The molecule has 2 rings (SSSR count). The molecular formula is C13H11F2NO. The zero-order valence-electron chi connectivity index (χ0n) is 8.95. The van der Waals surface area contributed by atoms with Gasteiger partial charge < -0.3 is 10.4 Å². The van der Waals surface area contributed by atoms with E-state index in [4.69, 9.17) is 5.11 Å². The van der Waals surface area contributed by atoms with E-state index in [2.05, 4.69) is 5.32 Å². The number of nitrogens with one attached hydrogen (secondary N) is 1. The Kier molecular flexibility index (Phi) is 3.23. The molecule has 0 heterocycles. The number of hydrogen-bond acceptors (Lipinski definition) is 2. The van der Waals surface area contributed by atoms with Crippen LogP contribution in [0, 0.1) is 11.6 Å². The molecule has 0 bridgehead atoms. The van der Waals surface area contributed by atoms with Gasteiger partial charge in [0.05, 0.1) is 0 Å². The van der Waals surface area contributed by atoms with Gasteiger partial charge in [-0.2, -0.15) is 0 Å². The highest BCUT2D eigenvalue weighted by molar-refractivity contribution is 5.47. The SMILES string of the molecule is Oc1ccc(NCc2cccc(F)c2)cc1F. The summed E-state index contributed by atoms with van der Waals surface area (Å²) in [4.78, 5) is 0. The van der Waals surface area contributed by atoms with E-state index in [-0.39, 0.29) is 11.6 Å². The van der Waals surface area contributed by atoms with Gasteiger partial charge in [-0.1, -0.05) is 12.1 Å². The predicted octanol–water partition coefficient (Wildman–Crippen LogP) is 3.28. The van der Waals surface area contributed by atoms with Crippen molar-refractivity contribution in [3.05, 3.63) is 59.7 Å². The maximum absolute atomic E-state index is 13.0. The summed E-state index contributed by atoms with van der Waals surface area (Å²) in [7, 11) is 0. The highest BCUT2D eigenvalue weighted by Crippen LogP contribution is 2.19. The van der Waals surface area contributed by atoms with Crippen LogP contribution in [-0.4, -0.2) is 5.11 Å². The average Bonchev–Trinajstić information content (AvgIpc) is 2.31. The second kappa shape index (κ2) is 4.82. The second-order valence-corrected chi connectivity index (χ2v) is 3.65. The van der Waals surface area contributed by atoms with Crippen molar-refractivity contribution in [3.8, 4) is 5.75 Å². The van der Waals surface area contributed by atoms with Gasteiger partial charge in [0.25, 0.3) is 0 Å². The third kappa shape index (κ3) is 2.93. The summed E-state index contributed by atoms with van der Waals surface area (Å²) >= 11 is 0. The summed E-state index contributed by atoms with van der Waals surface area (Å²) in [6, 6.07) is 10.2. The smallest absolute Gasteiger partial charge is 0.166 e. The van der Waals surface area contributed by atoms with E-state index in [9.17, 15) is 8.78 Å². The number of phenolic OH excluding ortho intramolecular Hbond substituents is 1. The summed E-state index contributed by atoms with van der Waals surface area (Å²) in [6.45, 7) is 0.391. The van der Waals surface area contributed by atoms with Gasteiger partial charge in [-0.15, -0.1) is 0 Å². The van der Waals surface area contributed by atoms with Crippen LogP contribution in [0.15, 0.2) is 42.5 Å². The summed E-state index contributed by atoms with van der Waals surface area (Å²) in [5.41, 5.74) is 1.29. The molecule has 2 nitrogen and oxygen atoms in total. The fourth-order valence-corrected chi connectivity index (χ4v) is 1.47. The minimum absolute atomic E-state index is 0.304. The molecule has 88 valence electrons. The van der Waals surface area contributed by atoms with E-state index >= 15 is 0 Å². The molecule has 0 amide bonds. The molecule has 17 heavy (non-hydrogen) atoms. The van der Waals surface area contributed by atoms with Crippen molar-refractivity contribution in [2.75, 3.05) is 5.32 Å². The molecule has 0 aliphatic rings. The first-order valence-electron chi connectivity index (χ1n) is 5.12. The second-order valence-electron chi connectivity index (χ2n) is 3.65. The van der Waals surface area contributed by atoms with Crippen molar-refractivity contribution in [3.63, 3.8) is 0 Å². The lowest BCUT2D eigenvalue weighted by Crippen LogP contribution is -1.99. The van der Waals surface area contributed by atoms with Crippen LogP contribution in [0.4, 0.5) is 14.5 Å². The van der Waals surface area contributed by atoms with E-state index in [0.29, 0.717) is 12.2 Å². The first-order valence-corrected chi connectivity index (χ1v) is 5.12. The van der Waals surface area contributed by atoms with Crippen molar-refractivity contribution in [1.82, 2.24) is 0 Å². The molecule has 0 saturated carbocycles. The van der Waals surface area contributed by atoms with Gasteiger partial charge in [0.2, 0.25) is 0 Å². The molecule has 0 fully saturated rings. The molecule has 0 radical (unpaired) electrons. The Labute approximate surface area is 97.5 Å². The molecule has 0 saturated heterocycles. The first kappa shape index (κ1) is 11.4. The van der Waals surface area contributed by atoms with Crippen LogP contribution in [0.3, 0.4) is 0 Å². The molecule has 0 aliphatic carbocycles. The largest absolute Gasteiger partial charge is 0.505 e. The average molecular weight is 235 g/mol. The normalized spacial score (nSPS) is 10.2. The Morgan fingerprint density at radius 3 is 2.59 bits per heavy atom. The standard InChI is InChI=1S/C13H11F2NO/c14-10-3-1-2-9(6-10)8-16-11-4-5-13(17)12(15)7-11/h1-7,16-17H,8H2. The third-order valence-electron chi connectivity index (χ3n) is 2.33. The zero-order chi connectivity index (χ0) is 12.3. The molecule has 0 unspecified atom stereocenters. The molecule has 0 spiro atoms. The summed E-state index contributed by atoms with van der Waals surface area (Å²) in [6.07, 6.45) is 0. The van der Waals surface area contributed by atoms with Crippen LogP contribution in [-0.2, 0) is 6.54 Å².